The molecule has 3 rings (SSSR count). The number of methoxy groups -OCH3 is 1. The average molecular weight is 244 g/mol. The summed E-state index contributed by atoms with van der Waals surface area (Å²) >= 11 is 0. The summed E-state index contributed by atoms with van der Waals surface area (Å²) in [5.41, 5.74) is 2.63. The second kappa shape index (κ2) is 3.84. The van der Waals surface area contributed by atoms with E-state index in [-0.39, 0.29) is 11.3 Å². The molecule has 0 saturated heterocycles. The van der Waals surface area contributed by atoms with Gasteiger partial charge in [0.2, 0.25) is 0 Å². The smallest absolute Gasteiger partial charge is 0.143 e. The molecule has 2 aliphatic rings. The zero-order valence-corrected chi connectivity index (χ0v) is 11.3. The lowest BCUT2D eigenvalue weighted by atomic mass is 9.47. The van der Waals surface area contributed by atoms with Gasteiger partial charge in [-0.3, -0.25) is 4.79 Å². The van der Waals surface area contributed by atoms with Gasteiger partial charge in [-0.2, -0.15) is 0 Å². The Kier molecular flexibility index (Phi) is 2.51. The van der Waals surface area contributed by atoms with Crippen molar-refractivity contribution < 1.29 is 9.53 Å². The molecule has 2 heteroatoms. The van der Waals surface area contributed by atoms with E-state index in [9.17, 15) is 4.79 Å². The summed E-state index contributed by atoms with van der Waals surface area (Å²) in [5.74, 6) is 2.12. The van der Waals surface area contributed by atoms with Crippen molar-refractivity contribution >= 4 is 5.78 Å². The quantitative estimate of drug-likeness (QED) is 0.797. The van der Waals surface area contributed by atoms with Gasteiger partial charge in [0.15, 0.2) is 0 Å². The van der Waals surface area contributed by atoms with Gasteiger partial charge in [-0.25, -0.2) is 0 Å². The van der Waals surface area contributed by atoms with Crippen LogP contribution in [0.3, 0.4) is 0 Å². The van der Waals surface area contributed by atoms with Gasteiger partial charge in [-0.1, -0.05) is 19.9 Å². The Morgan fingerprint density at radius 2 is 2.22 bits per heavy atom. The highest BCUT2D eigenvalue weighted by atomic mass is 16.5. The van der Waals surface area contributed by atoms with Gasteiger partial charge in [-0.15, -0.1) is 0 Å². The van der Waals surface area contributed by atoms with Gasteiger partial charge in [0, 0.05) is 17.3 Å². The molecule has 0 amide bonds. The molecular formula is C16H20O2. The van der Waals surface area contributed by atoms with Crippen LogP contribution in [-0.2, 0) is 11.2 Å². The third kappa shape index (κ3) is 1.32. The lowest BCUT2D eigenvalue weighted by molar-refractivity contribution is -0.150. The normalized spacial score (nSPS) is 33.4. The molecule has 3 atom stereocenters. The van der Waals surface area contributed by atoms with Gasteiger partial charge >= 0.3 is 0 Å². The first-order chi connectivity index (χ1) is 8.61. The van der Waals surface area contributed by atoms with E-state index in [0.29, 0.717) is 11.7 Å². The molecule has 0 aliphatic heterocycles. The summed E-state index contributed by atoms with van der Waals surface area (Å²) < 4.78 is 5.29. The van der Waals surface area contributed by atoms with Crippen molar-refractivity contribution in [2.75, 3.05) is 7.11 Å². The van der Waals surface area contributed by atoms with Crippen molar-refractivity contribution in [3.63, 3.8) is 0 Å². The van der Waals surface area contributed by atoms with Crippen molar-refractivity contribution in [1.29, 1.82) is 0 Å². The van der Waals surface area contributed by atoms with E-state index in [4.69, 9.17) is 4.74 Å². The van der Waals surface area contributed by atoms with Crippen LogP contribution in [-0.4, -0.2) is 12.9 Å². The van der Waals surface area contributed by atoms with Gasteiger partial charge in [0.1, 0.15) is 11.5 Å². The van der Waals surface area contributed by atoms with Crippen LogP contribution in [0.15, 0.2) is 18.2 Å². The number of fused-ring (bicyclic) bond motifs is 3. The molecule has 0 N–H and O–H groups in total. The largest absolute Gasteiger partial charge is 0.497 e. The maximum absolute atomic E-state index is 12.3. The Labute approximate surface area is 108 Å². The number of hydrogen-bond donors (Lipinski definition) is 0. The van der Waals surface area contributed by atoms with Crippen LogP contribution < -0.4 is 4.74 Å². The first-order valence-electron chi connectivity index (χ1n) is 6.83. The third-order valence-electron chi connectivity index (χ3n) is 5.13. The van der Waals surface area contributed by atoms with Crippen molar-refractivity contribution in [3.8, 4) is 5.75 Å². The molecule has 1 aromatic carbocycles. The van der Waals surface area contributed by atoms with E-state index < -0.39 is 0 Å². The highest BCUT2D eigenvalue weighted by Gasteiger charge is 2.59. The number of Topliss-reactive ketones (excluding diaryl/α,β-unsaturated/α-hetero) is 1. The lowest BCUT2D eigenvalue weighted by Crippen LogP contribution is -2.55. The molecule has 1 saturated carbocycles. The molecule has 0 bridgehead atoms. The summed E-state index contributed by atoms with van der Waals surface area (Å²) in [6.07, 6.45) is 2.97. The fourth-order valence-corrected chi connectivity index (χ4v) is 3.87. The molecule has 0 aromatic heterocycles. The number of aryl methyl sites for hydroxylation is 1. The minimum Gasteiger partial charge on any atom is -0.497 e. The van der Waals surface area contributed by atoms with E-state index in [1.165, 1.54) is 11.1 Å². The maximum Gasteiger partial charge on any atom is 0.143 e. The first-order valence-corrected chi connectivity index (χ1v) is 6.83. The van der Waals surface area contributed by atoms with E-state index in [2.05, 4.69) is 26.0 Å². The lowest BCUT2D eigenvalue weighted by Gasteiger charge is -2.54. The molecule has 96 valence electrons. The zero-order valence-electron chi connectivity index (χ0n) is 11.3. The van der Waals surface area contributed by atoms with Gasteiger partial charge < -0.3 is 4.74 Å². The minimum absolute atomic E-state index is 0.131. The molecule has 18 heavy (non-hydrogen) atoms. The summed E-state index contributed by atoms with van der Waals surface area (Å²) in [7, 11) is 1.70. The Bertz CT molecular complexity index is 506. The van der Waals surface area contributed by atoms with Crippen molar-refractivity contribution in [3.05, 3.63) is 29.3 Å². The van der Waals surface area contributed by atoms with E-state index in [1.54, 1.807) is 7.11 Å². The second-order valence-corrected chi connectivity index (χ2v) is 5.82. The first kappa shape index (κ1) is 11.8. The third-order valence-corrected chi connectivity index (χ3v) is 5.13. The number of carbonyl (C=O) groups excluding carboxylic acids is 1. The molecule has 1 fully saturated rings. The Balaban J connectivity index is 2.04. The minimum atomic E-state index is -0.131. The Morgan fingerprint density at radius 3 is 2.89 bits per heavy atom. The van der Waals surface area contributed by atoms with Crippen LogP contribution >= 0.6 is 0 Å². The molecule has 2 nitrogen and oxygen atoms in total. The monoisotopic (exact) mass is 244 g/mol. The van der Waals surface area contributed by atoms with Gasteiger partial charge in [0.25, 0.3) is 0 Å². The SMILES string of the molecule is CCC1(C)C(=O)C2CCc3cc(OC)ccc3C21. The van der Waals surface area contributed by atoms with Crippen LogP contribution in [0.5, 0.6) is 5.75 Å². The molecule has 0 heterocycles. The maximum atomic E-state index is 12.3. The van der Waals surface area contributed by atoms with Gasteiger partial charge in [0.05, 0.1) is 7.11 Å². The topological polar surface area (TPSA) is 26.3 Å². The Morgan fingerprint density at radius 1 is 1.44 bits per heavy atom. The van der Waals surface area contributed by atoms with Crippen LogP contribution in [0.25, 0.3) is 0 Å². The second-order valence-electron chi connectivity index (χ2n) is 5.82. The molecule has 2 aliphatic carbocycles. The summed E-state index contributed by atoms with van der Waals surface area (Å²) in [5, 5.41) is 0. The number of ether oxygens (including phenoxy) is 1. The summed E-state index contributed by atoms with van der Waals surface area (Å²) in [4.78, 5) is 12.3. The standard InChI is InChI=1S/C16H20O2/c1-4-16(2)14-12-8-6-11(18-3)9-10(12)5-7-13(14)15(16)17/h6,8-9,13-14H,4-5,7H2,1-3H3. The predicted octanol–water partition coefficient (Wildman–Crippen LogP) is 3.34. The summed E-state index contributed by atoms with van der Waals surface area (Å²) in [6.45, 7) is 4.27. The van der Waals surface area contributed by atoms with E-state index in [1.807, 2.05) is 6.07 Å². The average Bonchev–Trinajstić information content (AvgIpc) is 2.43. The van der Waals surface area contributed by atoms with E-state index >= 15 is 0 Å². The number of hydrogen-bond acceptors (Lipinski definition) is 2. The number of rotatable bonds is 2. The molecule has 3 unspecified atom stereocenters. The van der Waals surface area contributed by atoms with Gasteiger partial charge in [-0.05, 0) is 42.5 Å². The van der Waals surface area contributed by atoms with Crippen molar-refractivity contribution in [2.45, 2.75) is 39.0 Å². The predicted molar refractivity (Wildman–Crippen MR) is 71.0 cm³/mol. The fourth-order valence-electron chi connectivity index (χ4n) is 3.87. The Hall–Kier alpha value is -1.31. The number of carbonyl (C=O) groups is 1. The van der Waals surface area contributed by atoms with Crippen LogP contribution in [0.1, 0.15) is 43.7 Å². The number of ketones is 1. The van der Waals surface area contributed by atoms with Crippen molar-refractivity contribution in [1.82, 2.24) is 0 Å². The molecule has 0 radical (unpaired) electrons. The molecule has 0 spiro atoms. The summed E-state index contributed by atoms with van der Waals surface area (Å²) in [6, 6.07) is 6.34. The van der Waals surface area contributed by atoms with Crippen molar-refractivity contribution in [2.24, 2.45) is 11.3 Å². The number of benzene rings is 1. The van der Waals surface area contributed by atoms with E-state index in [0.717, 1.165) is 25.0 Å². The van der Waals surface area contributed by atoms with Crippen LogP contribution in [0.2, 0.25) is 0 Å². The fraction of sp³-hybridized carbons (Fsp3) is 0.562. The molecule has 1 aromatic rings. The zero-order chi connectivity index (χ0) is 12.9. The van der Waals surface area contributed by atoms with Crippen LogP contribution in [0.4, 0.5) is 0 Å². The highest BCUT2D eigenvalue weighted by molar-refractivity contribution is 5.96. The highest BCUT2D eigenvalue weighted by Crippen LogP contribution is 2.60. The van der Waals surface area contributed by atoms with Crippen LogP contribution in [0, 0.1) is 11.3 Å². The molecular weight excluding hydrogens is 224 g/mol.